The summed E-state index contributed by atoms with van der Waals surface area (Å²) >= 11 is 8.42. The van der Waals surface area contributed by atoms with Crippen molar-refractivity contribution in [2.45, 2.75) is 58.6 Å². The molecule has 4 heterocycles. The number of ether oxygens (including phenoxy) is 1. The fraction of sp³-hybridized carbons (Fsp3) is 0.483. The lowest BCUT2D eigenvalue weighted by atomic mass is 9.98. The lowest BCUT2D eigenvalue weighted by Crippen LogP contribution is -2.35. The number of fused-ring (bicyclic) bond motifs is 3. The molecule has 2 aromatic heterocycles. The van der Waals surface area contributed by atoms with Crippen molar-refractivity contribution in [1.29, 1.82) is 0 Å². The van der Waals surface area contributed by atoms with Crippen LogP contribution in [0.1, 0.15) is 49.1 Å². The predicted octanol–water partition coefficient (Wildman–Crippen LogP) is 5.38. The number of hydrogen-bond acceptors (Lipinski definition) is 6. The molecule has 4 aliphatic rings. The average Bonchev–Trinajstić information content (AvgIpc) is 3.32. The zero-order chi connectivity index (χ0) is 25.5. The van der Waals surface area contributed by atoms with Crippen LogP contribution in [-0.2, 0) is 29.0 Å². The minimum Gasteiger partial charge on any atom is -0.489 e. The van der Waals surface area contributed by atoms with Crippen LogP contribution in [-0.4, -0.2) is 40.9 Å². The van der Waals surface area contributed by atoms with Gasteiger partial charge in [0.1, 0.15) is 11.9 Å². The molecule has 3 fully saturated rings. The highest BCUT2D eigenvalue weighted by molar-refractivity contribution is 7.19. The van der Waals surface area contributed by atoms with Crippen molar-refractivity contribution in [2.75, 3.05) is 13.1 Å². The highest BCUT2D eigenvalue weighted by Gasteiger charge is 2.72. The topological polar surface area (TPSA) is 71.5 Å². The molecule has 2 saturated heterocycles. The lowest BCUT2D eigenvalue weighted by Gasteiger charge is -2.27. The molecule has 3 aromatic rings. The Labute approximate surface area is 225 Å². The highest BCUT2D eigenvalue weighted by atomic mass is 35.5. The fourth-order valence-corrected chi connectivity index (χ4v) is 8.16. The van der Waals surface area contributed by atoms with Crippen molar-refractivity contribution in [3.05, 3.63) is 45.4 Å². The van der Waals surface area contributed by atoms with E-state index in [-0.39, 0.29) is 35.2 Å². The van der Waals surface area contributed by atoms with Gasteiger partial charge in [0.25, 0.3) is 0 Å². The summed E-state index contributed by atoms with van der Waals surface area (Å²) in [7, 11) is 0. The third-order valence-corrected chi connectivity index (χ3v) is 10.3. The molecule has 1 aromatic carbocycles. The summed E-state index contributed by atoms with van der Waals surface area (Å²) in [5.74, 6) is 0.582. The van der Waals surface area contributed by atoms with Gasteiger partial charge < -0.3 is 10.1 Å². The van der Waals surface area contributed by atoms with Gasteiger partial charge in [0.05, 0.1) is 28.6 Å². The second-order valence-electron chi connectivity index (χ2n) is 11.4. The average molecular weight is 536 g/mol. The summed E-state index contributed by atoms with van der Waals surface area (Å²) in [4.78, 5) is 32.9. The highest BCUT2D eigenvalue weighted by Crippen LogP contribution is 2.63. The number of rotatable bonds is 5. The van der Waals surface area contributed by atoms with E-state index in [4.69, 9.17) is 16.3 Å². The van der Waals surface area contributed by atoms with Gasteiger partial charge >= 0.3 is 0 Å². The number of piperidine rings is 2. The van der Waals surface area contributed by atoms with E-state index in [1.54, 1.807) is 11.3 Å². The van der Waals surface area contributed by atoms with Crippen LogP contribution in [0.2, 0.25) is 5.02 Å². The van der Waals surface area contributed by atoms with Crippen molar-refractivity contribution < 1.29 is 14.3 Å². The molecule has 6 nitrogen and oxygen atoms in total. The summed E-state index contributed by atoms with van der Waals surface area (Å²) in [5.41, 5.74) is 5.20. The Hall–Kier alpha value is -2.48. The van der Waals surface area contributed by atoms with E-state index in [1.807, 2.05) is 32.2 Å². The number of aromatic nitrogens is 1. The third-order valence-electron chi connectivity index (χ3n) is 8.83. The summed E-state index contributed by atoms with van der Waals surface area (Å²) in [6, 6.07) is 6.12. The molecular formula is C29H30ClN3O3S. The van der Waals surface area contributed by atoms with Crippen molar-refractivity contribution in [2.24, 2.45) is 17.3 Å². The van der Waals surface area contributed by atoms with Crippen LogP contribution >= 0.6 is 22.9 Å². The van der Waals surface area contributed by atoms with Crippen LogP contribution < -0.4 is 10.1 Å². The SMILES string of the molecule is CC1(C)C2C(=O)N(Cc3cc4nccc(-c5cc(Cl)c6c(c5OC5CCNCC5)CCC6)c4s3)C(=O)C21. The normalized spacial score (nSPS) is 24.6. The first-order valence-corrected chi connectivity index (χ1v) is 14.5. The molecule has 1 N–H and O–H groups in total. The van der Waals surface area contributed by atoms with Gasteiger partial charge in [-0.05, 0) is 79.9 Å². The Balaban J connectivity index is 1.27. The number of thiophene rings is 1. The molecule has 2 unspecified atom stereocenters. The number of carbonyl (C=O) groups excluding carboxylic acids is 2. The lowest BCUT2D eigenvalue weighted by molar-refractivity contribution is -0.143. The monoisotopic (exact) mass is 535 g/mol. The molecule has 8 heteroatoms. The largest absolute Gasteiger partial charge is 0.489 e. The second-order valence-corrected chi connectivity index (χ2v) is 13.0. The maximum absolute atomic E-state index is 12.9. The first-order valence-electron chi connectivity index (χ1n) is 13.3. The number of nitrogens with zero attached hydrogens (tertiary/aromatic N) is 2. The van der Waals surface area contributed by atoms with E-state index < -0.39 is 0 Å². The van der Waals surface area contributed by atoms with Crippen LogP contribution in [0.5, 0.6) is 5.75 Å². The number of pyridine rings is 1. The smallest absolute Gasteiger partial charge is 0.234 e. The molecule has 37 heavy (non-hydrogen) atoms. The van der Waals surface area contributed by atoms with E-state index in [9.17, 15) is 9.59 Å². The molecule has 0 bridgehead atoms. The Morgan fingerprint density at radius 2 is 1.84 bits per heavy atom. The maximum Gasteiger partial charge on any atom is 0.234 e. The van der Waals surface area contributed by atoms with Gasteiger partial charge in [0, 0.05) is 27.2 Å². The number of hydrogen-bond donors (Lipinski definition) is 1. The van der Waals surface area contributed by atoms with Crippen molar-refractivity contribution in [3.8, 4) is 16.9 Å². The zero-order valence-electron chi connectivity index (χ0n) is 21.1. The molecule has 192 valence electrons. The molecule has 2 amide bonds. The second kappa shape index (κ2) is 8.52. The summed E-state index contributed by atoms with van der Waals surface area (Å²) in [6.07, 6.45) is 7.04. The number of likely N-dealkylation sites (tertiary alicyclic amines) is 1. The van der Waals surface area contributed by atoms with E-state index >= 15 is 0 Å². The molecule has 2 atom stereocenters. The minimum atomic E-state index is -0.197. The Kier molecular flexibility index (Phi) is 5.44. The Morgan fingerprint density at radius 1 is 1.11 bits per heavy atom. The molecule has 7 rings (SSSR count). The molecule has 0 spiro atoms. The van der Waals surface area contributed by atoms with Gasteiger partial charge in [0.2, 0.25) is 11.8 Å². The summed E-state index contributed by atoms with van der Waals surface area (Å²) in [6.45, 7) is 6.27. The van der Waals surface area contributed by atoms with Crippen molar-refractivity contribution in [3.63, 3.8) is 0 Å². The predicted molar refractivity (Wildman–Crippen MR) is 145 cm³/mol. The number of carbonyl (C=O) groups is 2. The quantitative estimate of drug-likeness (QED) is 0.444. The molecule has 0 radical (unpaired) electrons. The van der Waals surface area contributed by atoms with Crippen LogP contribution in [0.4, 0.5) is 0 Å². The Bertz CT molecular complexity index is 1430. The maximum atomic E-state index is 12.9. The van der Waals surface area contributed by atoms with Gasteiger partial charge in [-0.3, -0.25) is 19.5 Å². The van der Waals surface area contributed by atoms with E-state index in [1.165, 1.54) is 16.0 Å². The molecule has 2 aliphatic carbocycles. The van der Waals surface area contributed by atoms with Gasteiger partial charge in [-0.1, -0.05) is 25.4 Å². The standard InChI is InChI=1S/C29H30ClN3O3S/c1-29(2)23-24(29)28(35)33(27(23)34)14-16-12-22-26(37-16)19(8-11-32-22)20-13-21(30)17-4-3-5-18(17)25(20)36-15-6-9-31-10-7-15/h8,11-13,15,23-24,31H,3-7,9-10,14H2,1-2H3. The Morgan fingerprint density at radius 3 is 2.59 bits per heavy atom. The van der Waals surface area contributed by atoms with Gasteiger partial charge in [-0.2, -0.15) is 0 Å². The fourth-order valence-electron chi connectivity index (χ4n) is 6.71. The number of amides is 2. The third kappa shape index (κ3) is 3.65. The van der Waals surface area contributed by atoms with Gasteiger partial charge in [0.15, 0.2) is 0 Å². The van der Waals surface area contributed by atoms with Crippen molar-refractivity contribution >= 4 is 45.0 Å². The van der Waals surface area contributed by atoms with E-state index in [2.05, 4.69) is 16.4 Å². The van der Waals surface area contributed by atoms with Gasteiger partial charge in [-0.25, -0.2) is 0 Å². The molecule has 2 aliphatic heterocycles. The van der Waals surface area contributed by atoms with Crippen molar-refractivity contribution in [1.82, 2.24) is 15.2 Å². The van der Waals surface area contributed by atoms with Crippen LogP contribution in [0.15, 0.2) is 24.4 Å². The molecular weight excluding hydrogens is 506 g/mol. The van der Waals surface area contributed by atoms with Crippen LogP contribution in [0.3, 0.4) is 0 Å². The van der Waals surface area contributed by atoms with E-state index in [0.29, 0.717) is 6.54 Å². The summed E-state index contributed by atoms with van der Waals surface area (Å²) in [5, 5.41) is 4.22. The first-order chi connectivity index (χ1) is 17.8. The molecule has 1 saturated carbocycles. The van der Waals surface area contributed by atoms with E-state index in [0.717, 1.165) is 82.2 Å². The first kappa shape index (κ1) is 23.6. The van der Waals surface area contributed by atoms with Crippen LogP contribution in [0.25, 0.3) is 21.3 Å². The number of imide groups is 1. The van der Waals surface area contributed by atoms with Crippen LogP contribution in [0, 0.1) is 17.3 Å². The minimum absolute atomic E-state index is 0.0336. The number of benzene rings is 1. The van der Waals surface area contributed by atoms with Gasteiger partial charge in [-0.15, -0.1) is 11.3 Å². The number of nitrogens with one attached hydrogen (secondary N) is 1. The number of halogens is 1. The summed E-state index contributed by atoms with van der Waals surface area (Å²) < 4.78 is 7.79. The zero-order valence-corrected chi connectivity index (χ0v) is 22.7.